The number of rotatable bonds is 5. The topological polar surface area (TPSA) is 99.4 Å². The Morgan fingerprint density at radius 1 is 1.58 bits per heavy atom. The minimum Gasteiger partial charge on any atom is -0.476 e. The van der Waals surface area contributed by atoms with E-state index < -0.39 is 4.92 Å². The third kappa shape index (κ3) is 3.28. The van der Waals surface area contributed by atoms with Crippen molar-refractivity contribution in [3.8, 4) is 5.88 Å². The van der Waals surface area contributed by atoms with Crippen molar-refractivity contribution in [1.82, 2.24) is 9.97 Å². The Hall–Kier alpha value is -1.96. The van der Waals surface area contributed by atoms with Gasteiger partial charge in [-0.1, -0.05) is 0 Å². The van der Waals surface area contributed by atoms with Gasteiger partial charge in [-0.25, -0.2) is 4.98 Å². The molecule has 1 saturated heterocycles. The van der Waals surface area contributed by atoms with Crippen LogP contribution in [0.1, 0.15) is 19.3 Å². The number of ether oxygens (including phenoxy) is 2. The summed E-state index contributed by atoms with van der Waals surface area (Å²) in [5, 5.41) is 14.0. The van der Waals surface area contributed by atoms with Crippen LogP contribution in [0.4, 0.5) is 11.5 Å². The summed E-state index contributed by atoms with van der Waals surface area (Å²) in [4.78, 5) is 18.1. The maximum absolute atomic E-state index is 11.0. The normalized spacial score (nSPS) is 18.9. The van der Waals surface area contributed by atoms with E-state index in [9.17, 15) is 10.1 Å². The molecule has 1 aromatic heterocycles. The minimum atomic E-state index is -0.553. The van der Waals surface area contributed by atoms with Gasteiger partial charge in [0.1, 0.15) is 6.33 Å². The number of anilines is 1. The van der Waals surface area contributed by atoms with Crippen LogP contribution in [-0.4, -0.2) is 41.3 Å². The molecule has 0 radical (unpaired) electrons. The van der Waals surface area contributed by atoms with Gasteiger partial charge in [-0.2, -0.15) is 4.98 Å². The van der Waals surface area contributed by atoms with Gasteiger partial charge in [-0.3, -0.25) is 10.1 Å². The van der Waals surface area contributed by atoms with Crippen molar-refractivity contribution < 1.29 is 14.4 Å². The molecule has 8 nitrogen and oxygen atoms in total. The summed E-state index contributed by atoms with van der Waals surface area (Å²) in [6.45, 7) is 1.22. The van der Waals surface area contributed by atoms with Gasteiger partial charge in [0.2, 0.25) is 5.82 Å². The van der Waals surface area contributed by atoms with Gasteiger partial charge in [-0.05, 0) is 19.3 Å². The lowest BCUT2D eigenvalue weighted by molar-refractivity contribution is -0.385. The standard InChI is InChI=1S/C11H16N4O4/c1-18-11-9(15(16)17)10(13-7-14-11)12-6-8-4-2-3-5-19-8/h7-8H,2-6H2,1H3,(H,12,13,14). The SMILES string of the molecule is COc1ncnc(NCC2CCCCO2)c1[N+](=O)[O-]. The molecule has 0 aliphatic carbocycles. The van der Waals surface area contributed by atoms with Gasteiger partial charge < -0.3 is 14.8 Å². The van der Waals surface area contributed by atoms with Crippen LogP contribution in [0, 0.1) is 10.1 Å². The summed E-state index contributed by atoms with van der Waals surface area (Å²) in [7, 11) is 1.34. The molecule has 1 atom stereocenters. The first-order chi connectivity index (χ1) is 9.22. The van der Waals surface area contributed by atoms with E-state index in [0.29, 0.717) is 6.54 Å². The Bertz CT molecular complexity index is 448. The lowest BCUT2D eigenvalue weighted by atomic mass is 10.1. The highest BCUT2D eigenvalue weighted by Gasteiger charge is 2.24. The number of nitro groups is 1. The number of hydrogen-bond acceptors (Lipinski definition) is 7. The summed E-state index contributed by atoms with van der Waals surface area (Å²) in [5.74, 6) is 0.109. The van der Waals surface area contributed by atoms with E-state index in [0.717, 1.165) is 25.9 Å². The average Bonchev–Trinajstić information content (AvgIpc) is 2.45. The second-order valence-electron chi connectivity index (χ2n) is 4.21. The summed E-state index contributed by atoms with van der Waals surface area (Å²) >= 11 is 0. The van der Waals surface area contributed by atoms with Gasteiger partial charge in [0.05, 0.1) is 18.1 Å². The van der Waals surface area contributed by atoms with Crippen LogP contribution < -0.4 is 10.1 Å². The number of aromatic nitrogens is 2. The number of nitrogens with zero attached hydrogens (tertiary/aromatic N) is 3. The summed E-state index contributed by atoms with van der Waals surface area (Å²) in [6, 6.07) is 0. The van der Waals surface area contributed by atoms with Crippen molar-refractivity contribution in [3.05, 3.63) is 16.4 Å². The Morgan fingerprint density at radius 2 is 2.42 bits per heavy atom. The van der Waals surface area contributed by atoms with Crippen LogP contribution >= 0.6 is 0 Å². The van der Waals surface area contributed by atoms with Gasteiger partial charge in [0.15, 0.2) is 0 Å². The van der Waals surface area contributed by atoms with Gasteiger partial charge in [0.25, 0.3) is 5.88 Å². The van der Waals surface area contributed by atoms with Gasteiger partial charge in [0, 0.05) is 13.2 Å². The average molecular weight is 268 g/mol. The van der Waals surface area contributed by atoms with Crippen molar-refractivity contribution in [2.45, 2.75) is 25.4 Å². The molecule has 1 unspecified atom stereocenters. The molecular formula is C11H16N4O4. The molecule has 0 amide bonds. The van der Waals surface area contributed by atoms with Crippen LogP contribution in [0.15, 0.2) is 6.33 Å². The van der Waals surface area contributed by atoms with Gasteiger partial charge in [-0.15, -0.1) is 0 Å². The van der Waals surface area contributed by atoms with E-state index in [-0.39, 0.29) is 23.5 Å². The molecule has 8 heteroatoms. The molecule has 2 rings (SSSR count). The Kier molecular flexibility index (Phi) is 4.45. The molecule has 0 spiro atoms. The molecule has 19 heavy (non-hydrogen) atoms. The first-order valence-corrected chi connectivity index (χ1v) is 6.11. The second kappa shape index (κ2) is 6.28. The molecule has 2 heterocycles. The lowest BCUT2D eigenvalue weighted by Crippen LogP contribution is -2.27. The van der Waals surface area contributed by atoms with Crippen LogP contribution in [0.2, 0.25) is 0 Å². The van der Waals surface area contributed by atoms with Crippen molar-refractivity contribution in [3.63, 3.8) is 0 Å². The van der Waals surface area contributed by atoms with E-state index >= 15 is 0 Å². The zero-order chi connectivity index (χ0) is 13.7. The fourth-order valence-corrected chi connectivity index (χ4v) is 1.98. The van der Waals surface area contributed by atoms with Crippen LogP contribution in [0.25, 0.3) is 0 Å². The van der Waals surface area contributed by atoms with Crippen molar-refractivity contribution in [2.24, 2.45) is 0 Å². The zero-order valence-electron chi connectivity index (χ0n) is 10.7. The molecule has 0 bridgehead atoms. The molecule has 0 aromatic carbocycles. The van der Waals surface area contributed by atoms with Gasteiger partial charge >= 0.3 is 5.69 Å². The minimum absolute atomic E-state index is 0.0490. The smallest absolute Gasteiger partial charge is 0.372 e. The fraction of sp³-hybridized carbons (Fsp3) is 0.636. The van der Waals surface area contributed by atoms with E-state index in [1.54, 1.807) is 0 Å². The highest BCUT2D eigenvalue weighted by molar-refractivity contribution is 5.61. The first-order valence-electron chi connectivity index (χ1n) is 6.11. The third-order valence-electron chi connectivity index (χ3n) is 2.94. The highest BCUT2D eigenvalue weighted by atomic mass is 16.6. The fourth-order valence-electron chi connectivity index (χ4n) is 1.98. The largest absolute Gasteiger partial charge is 0.476 e. The molecule has 1 N–H and O–H groups in total. The predicted molar refractivity (Wildman–Crippen MR) is 67.3 cm³/mol. The van der Waals surface area contributed by atoms with Crippen LogP contribution in [0.3, 0.4) is 0 Å². The molecule has 1 aliphatic heterocycles. The maximum Gasteiger partial charge on any atom is 0.372 e. The number of hydrogen-bond donors (Lipinski definition) is 1. The Balaban J connectivity index is 2.08. The van der Waals surface area contributed by atoms with E-state index in [2.05, 4.69) is 15.3 Å². The molecular weight excluding hydrogens is 252 g/mol. The van der Waals surface area contributed by atoms with E-state index in [1.165, 1.54) is 13.4 Å². The molecule has 1 aliphatic rings. The van der Waals surface area contributed by atoms with Crippen molar-refractivity contribution in [2.75, 3.05) is 25.6 Å². The summed E-state index contributed by atoms with van der Waals surface area (Å²) < 4.78 is 10.4. The summed E-state index contributed by atoms with van der Waals surface area (Å²) in [5.41, 5.74) is -0.249. The monoisotopic (exact) mass is 268 g/mol. The molecule has 1 fully saturated rings. The Labute approximate surface area is 110 Å². The molecule has 104 valence electrons. The van der Waals surface area contributed by atoms with Crippen LogP contribution in [0.5, 0.6) is 5.88 Å². The predicted octanol–water partition coefficient (Wildman–Crippen LogP) is 1.37. The highest BCUT2D eigenvalue weighted by Crippen LogP contribution is 2.30. The second-order valence-corrected chi connectivity index (χ2v) is 4.21. The summed E-state index contributed by atoms with van der Waals surface area (Å²) in [6.07, 6.45) is 4.42. The van der Waals surface area contributed by atoms with Crippen LogP contribution in [-0.2, 0) is 4.74 Å². The van der Waals surface area contributed by atoms with Crippen molar-refractivity contribution >= 4 is 11.5 Å². The quantitative estimate of drug-likeness (QED) is 0.636. The third-order valence-corrected chi connectivity index (χ3v) is 2.94. The molecule has 1 aromatic rings. The van der Waals surface area contributed by atoms with E-state index in [4.69, 9.17) is 9.47 Å². The van der Waals surface area contributed by atoms with Crippen molar-refractivity contribution in [1.29, 1.82) is 0 Å². The number of nitrogens with one attached hydrogen (secondary N) is 1. The zero-order valence-corrected chi connectivity index (χ0v) is 10.7. The number of methoxy groups -OCH3 is 1. The lowest BCUT2D eigenvalue weighted by Gasteiger charge is -2.22. The first kappa shape index (κ1) is 13.5. The van der Waals surface area contributed by atoms with E-state index in [1.807, 2.05) is 0 Å². The maximum atomic E-state index is 11.0. The molecule has 0 saturated carbocycles. The Morgan fingerprint density at radius 3 is 3.05 bits per heavy atom.